The van der Waals surface area contributed by atoms with E-state index in [1.807, 2.05) is 7.05 Å². The van der Waals surface area contributed by atoms with Crippen molar-refractivity contribution in [2.75, 3.05) is 34.2 Å². The first-order chi connectivity index (χ1) is 13.1. The predicted molar refractivity (Wildman–Crippen MR) is 129 cm³/mol. The molecule has 1 atom stereocenters. The van der Waals surface area contributed by atoms with Crippen molar-refractivity contribution in [1.29, 1.82) is 0 Å². The normalized spacial score (nSPS) is 16.9. The highest BCUT2D eigenvalue weighted by molar-refractivity contribution is 14.0. The summed E-state index contributed by atoms with van der Waals surface area (Å²) in [6.45, 7) is 3.95. The third kappa shape index (κ3) is 6.78. The van der Waals surface area contributed by atoms with Crippen molar-refractivity contribution in [3.05, 3.63) is 71.3 Å². The maximum atomic E-state index is 4.51. The average molecular weight is 492 g/mol. The van der Waals surface area contributed by atoms with E-state index < -0.39 is 0 Å². The Morgan fingerprint density at radius 1 is 1.04 bits per heavy atom. The van der Waals surface area contributed by atoms with Crippen molar-refractivity contribution in [3.8, 4) is 0 Å². The molecule has 28 heavy (non-hydrogen) atoms. The smallest absolute Gasteiger partial charge is 0.193 e. The first kappa shape index (κ1) is 22.7. The molecule has 0 saturated carbocycles. The number of benzene rings is 2. The number of guanidine groups is 1. The Morgan fingerprint density at radius 3 is 2.36 bits per heavy atom. The van der Waals surface area contributed by atoms with Gasteiger partial charge >= 0.3 is 0 Å². The van der Waals surface area contributed by atoms with E-state index in [0.717, 1.165) is 38.6 Å². The highest BCUT2D eigenvalue weighted by Gasteiger charge is 2.24. The first-order valence-electron chi connectivity index (χ1n) is 9.86. The van der Waals surface area contributed by atoms with Gasteiger partial charge in [-0.25, -0.2) is 0 Å². The van der Waals surface area contributed by atoms with Gasteiger partial charge in [-0.1, -0.05) is 54.6 Å². The van der Waals surface area contributed by atoms with Crippen LogP contribution in [0.1, 0.15) is 23.1 Å². The number of hydrogen-bond donors (Lipinski definition) is 1. The van der Waals surface area contributed by atoms with Crippen LogP contribution >= 0.6 is 24.0 Å². The van der Waals surface area contributed by atoms with E-state index >= 15 is 0 Å². The maximum absolute atomic E-state index is 4.51. The number of hydrogen-bond acceptors (Lipinski definition) is 2. The Balaban J connectivity index is 0.00000280. The minimum atomic E-state index is 0. The Labute approximate surface area is 187 Å². The van der Waals surface area contributed by atoms with Gasteiger partial charge in [-0.15, -0.1) is 24.0 Å². The number of halogens is 1. The molecular weight excluding hydrogens is 459 g/mol. The second-order valence-corrected chi connectivity index (χ2v) is 7.75. The van der Waals surface area contributed by atoms with Gasteiger partial charge in [0.1, 0.15) is 0 Å². The van der Waals surface area contributed by atoms with Gasteiger partial charge in [0.2, 0.25) is 0 Å². The molecule has 1 aliphatic heterocycles. The highest BCUT2D eigenvalue weighted by atomic mass is 127. The molecule has 4 nitrogen and oxygen atoms in total. The molecule has 0 radical (unpaired) electrons. The van der Waals surface area contributed by atoms with Gasteiger partial charge in [0.25, 0.3) is 0 Å². The molecular formula is C23H33IN4. The fourth-order valence-corrected chi connectivity index (χ4v) is 3.78. The van der Waals surface area contributed by atoms with E-state index in [2.05, 4.69) is 88.8 Å². The van der Waals surface area contributed by atoms with Gasteiger partial charge in [-0.3, -0.25) is 4.99 Å². The van der Waals surface area contributed by atoms with Gasteiger partial charge in [0.15, 0.2) is 5.96 Å². The lowest BCUT2D eigenvalue weighted by Crippen LogP contribution is -2.39. The lowest BCUT2D eigenvalue weighted by molar-refractivity contribution is 0.402. The van der Waals surface area contributed by atoms with Crippen LogP contribution in [-0.4, -0.2) is 50.0 Å². The van der Waals surface area contributed by atoms with Crippen LogP contribution in [0.4, 0.5) is 0 Å². The van der Waals surface area contributed by atoms with Crippen LogP contribution in [0.25, 0.3) is 0 Å². The number of rotatable bonds is 6. The molecule has 152 valence electrons. The zero-order valence-corrected chi connectivity index (χ0v) is 19.6. The summed E-state index contributed by atoms with van der Waals surface area (Å²) in [6, 6.07) is 19.7. The molecule has 1 fully saturated rings. The maximum Gasteiger partial charge on any atom is 0.193 e. The molecule has 0 aromatic heterocycles. The van der Waals surface area contributed by atoms with Crippen molar-refractivity contribution in [2.45, 2.75) is 25.9 Å². The SMILES string of the molecule is CN=C(NCc1ccc(CN(C)C)cc1)N1CCC(Cc2ccccc2)C1.I. The third-order valence-corrected chi connectivity index (χ3v) is 5.14. The summed E-state index contributed by atoms with van der Waals surface area (Å²) in [5.41, 5.74) is 4.07. The summed E-state index contributed by atoms with van der Waals surface area (Å²) in [6.07, 6.45) is 2.39. The zero-order valence-electron chi connectivity index (χ0n) is 17.3. The van der Waals surface area contributed by atoms with Crippen molar-refractivity contribution in [3.63, 3.8) is 0 Å². The molecule has 1 N–H and O–H groups in total. The van der Waals surface area contributed by atoms with Crippen LogP contribution in [0.15, 0.2) is 59.6 Å². The molecule has 1 heterocycles. The lowest BCUT2D eigenvalue weighted by Gasteiger charge is -2.22. The van der Waals surface area contributed by atoms with E-state index in [9.17, 15) is 0 Å². The van der Waals surface area contributed by atoms with Gasteiger partial charge in [-0.2, -0.15) is 0 Å². The molecule has 2 aromatic carbocycles. The standard InChI is InChI=1S/C23H32N4.HI/c1-24-23(25-16-20-9-11-21(12-10-20)17-26(2)3)27-14-13-22(18-27)15-19-7-5-4-6-8-19;/h4-12,22H,13-18H2,1-3H3,(H,24,25);1H. The zero-order chi connectivity index (χ0) is 19.1. The van der Waals surface area contributed by atoms with E-state index in [-0.39, 0.29) is 24.0 Å². The van der Waals surface area contributed by atoms with E-state index in [1.165, 1.54) is 23.1 Å². The minimum absolute atomic E-state index is 0. The molecule has 0 amide bonds. The topological polar surface area (TPSA) is 30.9 Å². The van der Waals surface area contributed by atoms with E-state index in [4.69, 9.17) is 0 Å². The number of aliphatic imine (C=N–C) groups is 1. The second kappa shape index (κ2) is 11.4. The van der Waals surface area contributed by atoms with E-state index in [0.29, 0.717) is 5.92 Å². The van der Waals surface area contributed by atoms with Crippen LogP contribution in [0.3, 0.4) is 0 Å². The molecule has 0 aliphatic carbocycles. The van der Waals surface area contributed by atoms with Gasteiger partial charge in [0, 0.05) is 33.2 Å². The Kier molecular flexibility index (Phi) is 9.25. The van der Waals surface area contributed by atoms with Crippen molar-refractivity contribution in [1.82, 2.24) is 15.1 Å². The fraction of sp³-hybridized carbons (Fsp3) is 0.435. The monoisotopic (exact) mass is 492 g/mol. The quantitative estimate of drug-likeness (QED) is 0.376. The summed E-state index contributed by atoms with van der Waals surface area (Å²) in [5, 5.41) is 3.54. The van der Waals surface area contributed by atoms with Crippen LogP contribution in [0.5, 0.6) is 0 Å². The van der Waals surface area contributed by atoms with Crippen molar-refractivity contribution in [2.24, 2.45) is 10.9 Å². The van der Waals surface area contributed by atoms with Crippen LogP contribution in [0.2, 0.25) is 0 Å². The Morgan fingerprint density at radius 2 is 1.71 bits per heavy atom. The number of likely N-dealkylation sites (tertiary alicyclic amines) is 1. The minimum Gasteiger partial charge on any atom is -0.352 e. The molecule has 1 unspecified atom stereocenters. The highest BCUT2D eigenvalue weighted by Crippen LogP contribution is 2.21. The van der Waals surface area contributed by atoms with Crippen molar-refractivity contribution < 1.29 is 0 Å². The summed E-state index contributed by atoms with van der Waals surface area (Å²) in [7, 11) is 6.08. The summed E-state index contributed by atoms with van der Waals surface area (Å²) >= 11 is 0. The first-order valence-corrected chi connectivity index (χ1v) is 9.86. The molecule has 0 spiro atoms. The Bertz CT molecular complexity index is 728. The largest absolute Gasteiger partial charge is 0.352 e. The summed E-state index contributed by atoms with van der Waals surface area (Å²) in [5.74, 6) is 1.72. The molecule has 3 rings (SSSR count). The van der Waals surface area contributed by atoms with Gasteiger partial charge in [-0.05, 0) is 49.5 Å². The molecule has 5 heteroatoms. The average Bonchev–Trinajstić information content (AvgIpc) is 3.12. The van der Waals surface area contributed by atoms with Crippen LogP contribution in [0, 0.1) is 5.92 Å². The van der Waals surface area contributed by atoms with Crippen LogP contribution in [-0.2, 0) is 19.5 Å². The lowest BCUT2D eigenvalue weighted by atomic mass is 9.99. The molecule has 1 aliphatic rings. The number of nitrogens with one attached hydrogen (secondary N) is 1. The molecule has 2 aromatic rings. The van der Waals surface area contributed by atoms with Gasteiger partial charge in [0.05, 0.1) is 0 Å². The molecule has 0 bridgehead atoms. The molecule has 1 saturated heterocycles. The fourth-order valence-electron chi connectivity index (χ4n) is 3.78. The summed E-state index contributed by atoms with van der Waals surface area (Å²) < 4.78 is 0. The van der Waals surface area contributed by atoms with Gasteiger partial charge < -0.3 is 15.1 Å². The predicted octanol–water partition coefficient (Wildman–Crippen LogP) is 4.01. The van der Waals surface area contributed by atoms with Crippen molar-refractivity contribution >= 4 is 29.9 Å². The third-order valence-electron chi connectivity index (χ3n) is 5.14. The summed E-state index contributed by atoms with van der Waals surface area (Å²) in [4.78, 5) is 9.09. The van der Waals surface area contributed by atoms with E-state index in [1.54, 1.807) is 0 Å². The second-order valence-electron chi connectivity index (χ2n) is 7.75. The Hall–Kier alpha value is -1.60. The van der Waals surface area contributed by atoms with Crippen LogP contribution < -0.4 is 5.32 Å². The number of nitrogens with zero attached hydrogens (tertiary/aromatic N) is 3.